The molecule has 4 atom stereocenters. The number of nitrogens with zero attached hydrogens (tertiary/aromatic N) is 2. The van der Waals surface area contributed by atoms with Gasteiger partial charge in [-0.25, -0.2) is 0 Å². The van der Waals surface area contributed by atoms with Crippen molar-refractivity contribution in [2.75, 3.05) is 10.6 Å². The fourth-order valence-electron chi connectivity index (χ4n) is 6.60. The van der Waals surface area contributed by atoms with Crippen LogP contribution in [0.25, 0.3) is 0 Å². The van der Waals surface area contributed by atoms with E-state index < -0.39 is 0 Å². The molecule has 7 nitrogen and oxygen atoms in total. The number of nitrogen functional groups attached to an aromatic ring is 1. The van der Waals surface area contributed by atoms with Crippen LogP contribution in [0.5, 0.6) is 0 Å². The van der Waals surface area contributed by atoms with Gasteiger partial charge >= 0.3 is 0 Å². The van der Waals surface area contributed by atoms with Crippen LogP contribution in [-0.4, -0.2) is 39.9 Å². The second-order valence-corrected chi connectivity index (χ2v) is 11.4. The van der Waals surface area contributed by atoms with Gasteiger partial charge in [0.25, 0.3) is 5.91 Å². The summed E-state index contributed by atoms with van der Waals surface area (Å²) in [5, 5.41) is 22.4. The van der Waals surface area contributed by atoms with Gasteiger partial charge in [0.05, 0.1) is 23.6 Å². The number of hydrogen-bond acceptors (Lipinski definition) is 6. The molecule has 0 spiro atoms. The molecule has 7 heteroatoms. The summed E-state index contributed by atoms with van der Waals surface area (Å²) >= 11 is 0. The van der Waals surface area contributed by atoms with Gasteiger partial charge in [-0.3, -0.25) is 15.2 Å². The van der Waals surface area contributed by atoms with Crippen LogP contribution in [0.4, 0.5) is 11.4 Å². The van der Waals surface area contributed by atoms with Crippen molar-refractivity contribution in [2.24, 2.45) is 5.92 Å². The van der Waals surface area contributed by atoms with Gasteiger partial charge in [0, 0.05) is 46.3 Å². The highest BCUT2D eigenvalue weighted by atomic mass is 16.3. The van der Waals surface area contributed by atoms with Gasteiger partial charge in [-0.05, 0) is 87.4 Å². The standard InChI is InChI=1S/C33H41N5O2/c1-3-25-20-27(39)18-21(2)38(25)26-14-11-22(12-15-26)31(35)28-19-24(13-16-29(28)34)33(40)37-32(23-8-4-5-9-23)30-10-6-7-17-36-30/h6-7,10-17,19,21,23,25,27,32,35,39H,3-5,8-9,18,20,34H2,1-2H3,(H,37,40). The zero-order valence-corrected chi connectivity index (χ0v) is 23.5. The summed E-state index contributed by atoms with van der Waals surface area (Å²) in [6.07, 6.45) is 8.49. The summed E-state index contributed by atoms with van der Waals surface area (Å²) in [4.78, 5) is 20.4. The van der Waals surface area contributed by atoms with E-state index in [0.717, 1.165) is 49.0 Å². The van der Waals surface area contributed by atoms with Gasteiger partial charge < -0.3 is 21.1 Å². The number of carbonyl (C=O) groups excluding carboxylic acids is 1. The number of piperidine rings is 1. The summed E-state index contributed by atoms with van der Waals surface area (Å²) in [6.45, 7) is 4.31. The van der Waals surface area contributed by atoms with E-state index in [9.17, 15) is 9.90 Å². The second-order valence-electron chi connectivity index (χ2n) is 11.4. The molecular formula is C33H41N5O2. The first-order valence-corrected chi connectivity index (χ1v) is 14.6. The Labute approximate surface area is 237 Å². The van der Waals surface area contributed by atoms with Crippen LogP contribution in [0.2, 0.25) is 0 Å². The molecule has 2 aromatic carbocycles. The molecule has 40 heavy (non-hydrogen) atoms. The van der Waals surface area contributed by atoms with Gasteiger partial charge in [0.2, 0.25) is 0 Å². The Balaban J connectivity index is 1.35. The number of benzene rings is 2. The maximum atomic E-state index is 13.5. The molecule has 1 saturated carbocycles. The van der Waals surface area contributed by atoms with Crippen molar-refractivity contribution in [2.45, 2.75) is 83.0 Å². The van der Waals surface area contributed by atoms with Gasteiger partial charge in [-0.1, -0.05) is 38.0 Å². The Hall–Kier alpha value is -3.71. The fraction of sp³-hybridized carbons (Fsp3) is 0.424. The second kappa shape index (κ2) is 12.2. The zero-order chi connectivity index (χ0) is 28.2. The third kappa shape index (κ3) is 5.89. The minimum absolute atomic E-state index is 0.144. The predicted molar refractivity (Wildman–Crippen MR) is 161 cm³/mol. The third-order valence-electron chi connectivity index (χ3n) is 8.70. The lowest BCUT2D eigenvalue weighted by Gasteiger charge is -2.44. The zero-order valence-electron chi connectivity index (χ0n) is 23.5. The van der Waals surface area contributed by atoms with Crippen LogP contribution >= 0.6 is 0 Å². The third-order valence-corrected chi connectivity index (χ3v) is 8.70. The van der Waals surface area contributed by atoms with Crippen LogP contribution in [0.15, 0.2) is 66.9 Å². The van der Waals surface area contributed by atoms with Crippen molar-refractivity contribution in [3.05, 3.63) is 89.2 Å². The smallest absolute Gasteiger partial charge is 0.251 e. The normalized spacial score (nSPS) is 22.2. The molecule has 1 amide bonds. The number of amides is 1. The molecule has 2 fully saturated rings. The number of hydrogen-bond donors (Lipinski definition) is 4. The maximum absolute atomic E-state index is 13.5. The van der Waals surface area contributed by atoms with Crippen molar-refractivity contribution in [1.29, 1.82) is 5.41 Å². The minimum Gasteiger partial charge on any atom is -0.398 e. The number of nitrogens with one attached hydrogen (secondary N) is 2. The summed E-state index contributed by atoms with van der Waals surface area (Å²) in [5.74, 6) is 0.181. The molecule has 0 radical (unpaired) electrons. The van der Waals surface area contributed by atoms with Crippen molar-refractivity contribution in [3.63, 3.8) is 0 Å². The molecule has 210 valence electrons. The van der Waals surface area contributed by atoms with E-state index in [1.807, 2.05) is 42.5 Å². The van der Waals surface area contributed by atoms with Gasteiger partial charge in [-0.2, -0.15) is 0 Å². The quantitative estimate of drug-likeness (QED) is 0.211. The van der Waals surface area contributed by atoms with Crippen LogP contribution in [0.3, 0.4) is 0 Å². The maximum Gasteiger partial charge on any atom is 0.251 e. The van der Waals surface area contributed by atoms with E-state index in [2.05, 4.69) is 29.0 Å². The average molecular weight is 540 g/mol. The van der Waals surface area contributed by atoms with Crippen molar-refractivity contribution in [3.8, 4) is 0 Å². The summed E-state index contributed by atoms with van der Waals surface area (Å²) in [6, 6.07) is 19.4. The molecule has 1 aromatic heterocycles. The predicted octanol–water partition coefficient (Wildman–Crippen LogP) is 5.87. The summed E-state index contributed by atoms with van der Waals surface area (Å²) in [5.41, 5.74) is 10.8. The summed E-state index contributed by atoms with van der Waals surface area (Å²) < 4.78 is 0. The number of anilines is 2. The van der Waals surface area contributed by atoms with Crippen LogP contribution in [0, 0.1) is 11.3 Å². The first kappa shape index (κ1) is 27.8. The van der Waals surface area contributed by atoms with Crippen LogP contribution in [-0.2, 0) is 0 Å². The highest BCUT2D eigenvalue weighted by molar-refractivity contribution is 6.15. The molecule has 4 unspecified atom stereocenters. The highest BCUT2D eigenvalue weighted by Crippen LogP contribution is 2.35. The van der Waals surface area contributed by atoms with E-state index >= 15 is 0 Å². The van der Waals surface area contributed by atoms with E-state index in [0.29, 0.717) is 22.7 Å². The molecule has 5 rings (SSSR count). The number of carbonyl (C=O) groups is 1. The van der Waals surface area contributed by atoms with Gasteiger partial charge in [0.1, 0.15) is 0 Å². The Morgan fingerprint density at radius 3 is 2.50 bits per heavy atom. The van der Waals surface area contributed by atoms with Crippen molar-refractivity contribution < 1.29 is 9.90 Å². The van der Waals surface area contributed by atoms with Crippen LogP contribution in [0.1, 0.15) is 92.0 Å². The largest absolute Gasteiger partial charge is 0.398 e. The molecule has 1 aliphatic carbocycles. The molecule has 1 aliphatic heterocycles. The van der Waals surface area contributed by atoms with Crippen molar-refractivity contribution in [1.82, 2.24) is 10.3 Å². The number of nitrogens with two attached hydrogens (primary N) is 1. The fourth-order valence-corrected chi connectivity index (χ4v) is 6.60. The molecule has 1 saturated heterocycles. The first-order chi connectivity index (χ1) is 19.4. The highest BCUT2D eigenvalue weighted by Gasteiger charge is 2.32. The van der Waals surface area contributed by atoms with E-state index in [1.54, 1.807) is 24.4 Å². The molecular weight excluding hydrogens is 498 g/mol. The number of aliphatic hydroxyl groups is 1. The number of aromatic nitrogens is 1. The van der Waals surface area contributed by atoms with E-state index in [4.69, 9.17) is 11.1 Å². The lowest BCUT2D eigenvalue weighted by molar-refractivity contribution is 0.0920. The molecule has 2 aliphatic rings. The average Bonchev–Trinajstić information content (AvgIpc) is 3.50. The van der Waals surface area contributed by atoms with Gasteiger partial charge in [-0.15, -0.1) is 0 Å². The molecule has 0 bridgehead atoms. The molecule has 5 N–H and O–H groups in total. The lowest BCUT2D eigenvalue weighted by atomic mass is 9.91. The van der Waals surface area contributed by atoms with Crippen molar-refractivity contribution >= 4 is 23.0 Å². The van der Waals surface area contributed by atoms with Gasteiger partial charge in [0.15, 0.2) is 0 Å². The monoisotopic (exact) mass is 539 g/mol. The topological polar surface area (TPSA) is 115 Å². The summed E-state index contributed by atoms with van der Waals surface area (Å²) in [7, 11) is 0. The SMILES string of the molecule is CCC1CC(O)CC(C)N1c1ccc(C(=N)c2cc(C(=O)NC(c3ccccn3)C3CCCC3)ccc2N)cc1. The Morgan fingerprint density at radius 1 is 1.10 bits per heavy atom. The Bertz CT molecular complexity index is 1320. The van der Waals surface area contributed by atoms with E-state index in [1.165, 1.54) is 12.8 Å². The Kier molecular flexibility index (Phi) is 8.50. The number of rotatable bonds is 8. The minimum atomic E-state index is -0.256. The molecule has 2 heterocycles. The van der Waals surface area contributed by atoms with Crippen LogP contribution < -0.4 is 16.0 Å². The number of pyridine rings is 1. The van der Waals surface area contributed by atoms with E-state index in [-0.39, 0.29) is 35.8 Å². The Morgan fingerprint density at radius 2 is 1.82 bits per heavy atom. The molecule has 3 aromatic rings. The number of aliphatic hydroxyl groups excluding tert-OH is 1. The first-order valence-electron chi connectivity index (χ1n) is 14.6. The lowest BCUT2D eigenvalue weighted by Crippen LogP contribution is -2.49.